The third-order valence-electron chi connectivity index (χ3n) is 5.66. The van der Waals surface area contributed by atoms with Gasteiger partial charge >= 0.3 is 0 Å². The van der Waals surface area contributed by atoms with E-state index in [0.29, 0.717) is 16.3 Å². The van der Waals surface area contributed by atoms with Gasteiger partial charge in [0.15, 0.2) is 0 Å². The summed E-state index contributed by atoms with van der Waals surface area (Å²) in [5.41, 5.74) is 5.10. The second-order valence-corrected chi connectivity index (χ2v) is 9.36. The van der Waals surface area contributed by atoms with Crippen molar-refractivity contribution in [1.82, 2.24) is 0 Å². The maximum atomic E-state index is 13.5. The summed E-state index contributed by atoms with van der Waals surface area (Å²) in [7, 11) is 0. The molecular formula is C28H28N2O2S. The van der Waals surface area contributed by atoms with E-state index in [4.69, 9.17) is 0 Å². The molecule has 1 aliphatic rings. The molecule has 3 aromatic rings. The van der Waals surface area contributed by atoms with Crippen LogP contribution < -0.4 is 10.2 Å². The van der Waals surface area contributed by atoms with E-state index in [-0.39, 0.29) is 11.8 Å². The highest BCUT2D eigenvalue weighted by atomic mass is 32.2. The molecule has 33 heavy (non-hydrogen) atoms. The maximum absolute atomic E-state index is 13.5. The van der Waals surface area contributed by atoms with Crippen LogP contribution in [0.15, 0.2) is 88.3 Å². The lowest BCUT2D eigenvalue weighted by Crippen LogP contribution is -2.32. The van der Waals surface area contributed by atoms with Crippen molar-refractivity contribution < 1.29 is 9.59 Å². The minimum Gasteiger partial charge on any atom is -0.350 e. The summed E-state index contributed by atoms with van der Waals surface area (Å²) in [6.07, 6.45) is 3.23. The zero-order valence-electron chi connectivity index (χ0n) is 19.2. The molecule has 4 rings (SSSR count). The van der Waals surface area contributed by atoms with E-state index in [0.717, 1.165) is 41.0 Å². The Morgan fingerprint density at radius 1 is 0.879 bits per heavy atom. The molecule has 0 unspecified atom stereocenters. The van der Waals surface area contributed by atoms with Gasteiger partial charge in [0.2, 0.25) is 0 Å². The van der Waals surface area contributed by atoms with Crippen molar-refractivity contribution in [1.29, 1.82) is 0 Å². The number of hydrogen-bond donors (Lipinski definition) is 1. The van der Waals surface area contributed by atoms with Crippen molar-refractivity contribution in [3.63, 3.8) is 0 Å². The molecule has 3 aromatic carbocycles. The van der Waals surface area contributed by atoms with Crippen LogP contribution in [0.4, 0.5) is 11.4 Å². The van der Waals surface area contributed by atoms with E-state index < -0.39 is 0 Å². The van der Waals surface area contributed by atoms with Gasteiger partial charge in [-0.25, -0.2) is 4.90 Å². The second-order valence-electron chi connectivity index (χ2n) is 8.28. The van der Waals surface area contributed by atoms with Crippen LogP contribution >= 0.6 is 11.8 Å². The number of thioether (sulfide) groups is 1. The Kier molecular flexibility index (Phi) is 6.99. The summed E-state index contributed by atoms with van der Waals surface area (Å²) >= 11 is 1.32. The molecule has 5 heteroatoms. The molecule has 168 valence electrons. The van der Waals surface area contributed by atoms with Crippen LogP contribution in [0.1, 0.15) is 36.5 Å². The zero-order valence-corrected chi connectivity index (χ0v) is 20.0. The van der Waals surface area contributed by atoms with Crippen LogP contribution in [0.5, 0.6) is 0 Å². The van der Waals surface area contributed by atoms with E-state index in [1.165, 1.54) is 22.2 Å². The van der Waals surface area contributed by atoms with Crippen molar-refractivity contribution >= 4 is 35.0 Å². The first-order valence-electron chi connectivity index (χ1n) is 11.3. The Morgan fingerprint density at radius 2 is 1.61 bits per heavy atom. The summed E-state index contributed by atoms with van der Waals surface area (Å²) in [6, 6.07) is 23.4. The summed E-state index contributed by atoms with van der Waals surface area (Å²) in [6.45, 7) is 6.19. The van der Waals surface area contributed by atoms with Crippen LogP contribution in [-0.2, 0) is 16.0 Å². The summed E-state index contributed by atoms with van der Waals surface area (Å²) in [5, 5.41) is 3.27. The van der Waals surface area contributed by atoms with Gasteiger partial charge in [0.1, 0.15) is 10.6 Å². The highest BCUT2D eigenvalue weighted by Crippen LogP contribution is 2.38. The van der Waals surface area contributed by atoms with E-state index in [1.807, 2.05) is 80.6 Å². The lowest BCUT2D eigenvalue weighted by atomic mass is 10.1. The number of carbonyl (C=O) groups is 2. The minimum absolute atomic E-state index is 0.303. The molecule has 0 spiro atoms. The molecule has 0 radical (unpaired) electrons. The quantitative estimate of drug-likeness (QED) is 0.386. The lowest BCUT2D eigenvalue weighted by Gasteiger charge is -2.16. The first kappa shape index (κ1) is 22.9. The maximum Gasteiger partial charge on any atom is 0.283 e. The Morgan fingerprint density at radius 3 is 2.27 bits per heavy atom. The molecule has 0 saturated carbocycles. The molecule has 1 heterocycles. The van der Waals surface area contributed by atoms with Gasteiger partial charge in [-0.05, 0) is 68.1 Å². The van der Waals surface area contributed by atoms with Gasteiger partial charge in [-0.3, -0.25) is 9.59 Å². The predicted molar refractivity (Wildman–Crippen MR) is 136 cm³/mol. The van der Waals surface area contributed by atoms with Crippen LogP contribution in [0.2, 0.25) is 0 Å². The third-order valence-corrected chi connectivity index (χ3v) is 6.75. The Balaban J connectivity index is 1.69. The largest absolute Gasteiger partial charge is 0.350 e. The third kappa shape index (κ3) is 5.04. The summed E-state index contributed by atoms with van der Waals surface area (Å²) < 4.78 is 0. The molecular weight excluding hydrogens is 428 g/mol. The molecule has 4 nitrogen and oxygen atoms in total. The standard InChI is InChI=1S/C28H28N2O2S/c1-4-5-9-21-13-15-22(16-14-21)30-27(31)25(29-24-17-12-19(2)18-20(24)3)26(28(30)32)33-23-10-7-6-8-11-23/h6-8,10-18,29H,4-5,9H2,1-3H3. The first-order chi connectivity index (χ1) is 16.0. The second kappa shape index (κ2) is 10.1. The molecule has 0 aliphatic carbocycles. The summed E-state index contributed by atoms with van der Waals surface area (Å²) in [5.74, 6) is -0.637. The van der Waals surface area contributed by atoms with Gasteiger partial charge in [-0.15, -0.1) is 0 Å². The van der Waals surface area contributed by atoms with Crippen LogP contribution in [-0.4, -0.2) is 11.8 Å². The molecule has 1 N–H and O–H groups in total. The minimum atomic E-state index is -0.334. The number of benzene rings is 3. The zero-order chi connectivity index (χ0) is 23.4. The fourth-order valence-corrected chi connectivity index (χ4v) is 4.78. The topological polar surface area (TPSA) is 49.4 Å². The predicted octanol–water partition coefficient (Wildman–Crippen LogP) is 6.64. The fourth-order valence-electron chi connectivity index (χ4n) is 3.84. The fraction of sp³-hybridized carbons (Fsp3) is 0.214. The first-order valence-corrected chi connectivity index (χ1v) is 12.1. The molecule has 0 bridgehead atoms. The number of imide groups is 1. The van der Waals surface area contributed by atoms with Crippen LogP contribution in [0.25, 0.3) is 0 Å². The molecule has 1 aliphatic heterocycles. The Hall–Kier alpha value is -3.31. The molecule has 0 aromatic heterocycles. The molecule has 2 amide bonds. The number of nitrogens with one attached hydrogen (secondary N) is 1. The van der Waals surface area contributed by atoms with Crippen molar-refractivity contribution in [2.75, 3.05) is 10.2 Å². The number of rotatable bonds is 8. The van der Waals surface area contributed by atoms with E-state index in [1.54, 1.807) is 0 Å². The van der Waals surface area contributed by atoms with Crippen LogP contribution in [0, 0.1) is 13.8 Å². The van der Waals surface area contributed by atoms with E-state index in [9.17, 15) is 9.59 Å². The number of nitrogens with zero attached hydrogens (tertiary/aromatic N) is 1. The van der Waals surface area contributed by atoms with Gasteiger partial charge in [0.25, 0.3) is 11.8 Å². The van der Waals surface area contributed by atoms with Crippen molar-refractivity contribution in [3.8, 4) is 0 Å². The van der Waals surface area contributed by atoms with Crippen molar-refractivity contribution in [3.05, 3.63) is 100 Å². The van der Waals surface area contributed by atoms with Crippen molar-refractivity contribution in [2.45, 2.75) is 44.9 Å². The smallest absolute Gasteiger partial charge is 0.283 e. The highest BCUT2D eigenvalue weighted by molar-refractivity contribution is 8.04. The van der Waals surface area contributed by atoms with Gasteiger partial charge in [-0.1, -0.05) is 73.1 Å². The lowest BCUT2D eigenvalue weighted by molar-refractivity contribution is -0.120. The van der Waals surface area contributed by atoms with Gasteiger partial charge in [0, 0.05) is 10.6 Å². The monoisotopic (exact) mass is 456 g/mol. The van der Waals surface area contributed by atoms with E-state index >= 15 is 0 Å². The number of unbranched alkanes of at least 4 members (excludes halogenated alkanes) is 1. The normalized spacial score (nSPS) is 13.7. The number of aryl methyl sites for hydroxylation is 3. The summed E-state index contributed by atoms with van der Waals surface area (Å²) in [4.78, 5) is 29.6. The number of amides is 2. The van der Waals surface area contributed by atoms with Gasteiger partial charge < -0.3 is 5.32 Å². The average molecular weight is 457 g/mol. The number of hydrogen-bond acceptors (Lipinski definition) is 4. The Bertz CT molecular complexity index is 1200. The SMILES string of the molecule is CCCCc1ccc(N2C(=O)C(Nc3ccc(C)cc3C)=C(Sc3ccccc3)C2=O)cc1. The van der Waals surface area contributed by atoms with Crippen molar-refractivity contribution in [2.24, 2.45) is 0 Å². The van der Waals surface area contributed by atoms with E-state index in [2.05, 4.69) is 18.3 Å². The molecule has 0 atom stereocenters. The highest BCUT2D eigenvalue weighted by Gasteiger charge is 2.40. The van der Waals surface area contributed by atoms with Gasteiger partial charge in [-0.2, -0.15) is 0 Å². The molecule has 0 saturated heterocycles. The number of anilines is 2. The Labute approximate surface area is 199 Å². The average Bonchev–Trinajstić information content (AvgIpc) is 3.04. The number of carbonyl (C=O) groups excluding carboxylic acids is 2. The van der Waals surface area contributed by atoms with Gasteiger partial charge in [0.05, 0.1) is 5.69 Å². The van der Waals surface area contributed by atoms with Crippen LogP contribution in [0.3, 0.4) is 0 Å². The molecule has 0 fully saturated rings.